The summed E-state index contributed by atoms with van der Waals surface area (Å²) in [6, 6.07) is 7.70. The normalized spacial score (nSPS) is 19.1. The largest absolute Gasteiger partial charge is 0.388 e. The second-order valence-corrected chi connectivity index (χ2v) is 5.72. The molecule has 0 radical (unpaired) electrons. The molecule has 1 N–H and O–H groups in total. The molecule has 4 heteroatoms. The lowest BCUT2D eigenvalue weighted by atomic mass is 10.0. The van der Waals surface area contributed by atoms with Crippen LogP contribution in [0.5, 0.6) is 0 Å². The molecule has 0 aliphatic heterocycles. The van der Waals surface area contributed by atoms with Gasteiger partial charge in [0.25, 0.3) is 0 Å². The van der Waals surface area contributed by atoms with Crippen molar-refractivity contribution in [2.75, 3.05) is 0 Å². The Morgan fingerprint density at radius 3 is 3.06 bits per heavy atom. The van der Waals surface area contributed by atoms with Crippen molar-refractivity contribution >= 4 is 22.9 Å². The summed E-state index contributed by atoms with van der Waals surface area (Å²) in [5, 5.41) is 11.6. The maximum Gasteiger partial charge on any atom is 0.124 e. The molecular weight excluding hydrogens is 254 g/mol. The predicted molar refractivity (Wildman–Crippen MR) is 70.5 cm³/mol. The zero-order valence-electron chi connectivity index (χ0n) is 9.19. The molecule has 17 heavy (non-hydrogen) atoms. The molecule has 1 aliphatic carbocycles. The van der Waals surface area contributed by atoms with E-state index in [-0.39, 0.29) is 6.10 Å². The standard InChI is InChI=1S/C13H12ClNOS/c14-9-4-1-3-8(7-9)13-15-10-5-2-6-11(16)12(10)17-13/h1,3-4,7,11,16H,2,5-6H2. The molecule has 2 aromatic rings. The fraction of sp³-hybridized carbons (Fsp3) is 0.308. The van der Waals surface area contributed by atoms with E-state index in [1.165, 1.54) is 0 Å². The Morgan fingerprint density at radius 2 is 2.29 bits per heavy atom. The molecule has 0 bridgehead atoms. The summed E-state index contributed by atoms with van der Waals surface area (Å²) < 4.78 is 0. The summed E-state index contributed by atoms with van der Waals surface area (Å²) in [6.45, 7) is 0. The van der Waals surface area contributed by atoms with Crippen molar-refractivity contribution in [3.63, 3.8) is 0 Å². The highest BCUT2D eigenvalue weighted by Crippen LogP contribution is 2.38. The van der Waals surface area contributed by atoms with E-state index < -0.39 is 0 Å². The Hall–Kier alpha value is -0.900. The number of aliphatic hydroxyl groups is 1. The number of hydrogen-bond acceptors (Lipinski definition) is 3. The molecule has 0 amide bonds. The molecule has 0 saturated carbocycles. The van der Waals surface area contributed by atoms with E-state index in [1.807, 2.05) is 24.3 Å². The molecule has 0 saturated heterocycles. The number of nitrogens with zero attached hydrogens (tertiary/aromatic N) is 1. The molecule has 1 aromatic heterocycles. The highest BCUT2D eigenvalue weighted by molar-refractivity contribution is 7.15. The predicted octanol–water partition coefficient (Wildman–Crippen LogP) is 3.83. The third-order valence-corrected chi connectivity index (χ3v) is 4.48. The molecule has 88 valence electrons. The number of aromatic nitrogens is 1. The van der Waals surface area contributed by atoms with Crippen molar-refractivity contribution in [2.45, 2.75) is 25.4 Å². The Kier molecular flexibility index (Phi) is 2.90. The van der Waals surface area contributed by atoms with Gasteiger partial charge in [0.1, 0.15) is 5.01 Å². The maximum absolute atomic E-state index is 9.92. The summed E-state index contributed by atoms with van der Waals surface area (Å²) in [6.07, 6.45) is 2.52. The van der Waals surface area contributed by atoms with E-state index >= 15 is 0 Å². The Labute approximate surface area is 109 Å². The fourth-order valence-electron chi connectivity index (χ4n) is 2.14. The molecule has 0 spiro atoms. The maximum atomic E-state index is 9.92. The smallest absolute Gasteiger partial charge is 0.124 e. The van der Waals surface area contributed by atoms with E-state index in [1.54, 1.807) is 11.3 Å². The van der Waals surface area contributed by atoms with Crippen LogP contribution in [0.3, 0.4) is 0 Å². The number of benzene rings is 1. The minimum Gasteiger partial charge on any atom is -0.388 e. The number of aryl methyl sites for hydroxylation is 1. The first kappa shape index (κ1) is 11.2. The van der Waals surface area contributed by atoms with Crippen molar-refractivity contribution < 1.29 is 5.11 Å². The number of hydrogen-bond donors (Lipinski definition) is 1. The minimum atomic E-state index is -0.329. The van der Waals surface area contributed by atoms with Crippen LogP contribution in [0.25, 0.3) is 10.6 Å². The third kappa shape index (κ3) is 2.10. The molecule has 0 fully saturated rings. The van der Waals surface area contributed by atoms with Crippen LogP contribution in [0.2, 0.25) is 5.02 Å². The molecule has 1 aliphatic rings. The molecule has 1 unspecified atom stereocenters. The molecular formula is C13H12ClNOS. The first-order chi connectivity index (χ1) is 8.24. The van der Waals surface area contributed by atoms with Gasteiger partial charge >= 0.3 is 0 Å². The Balaban J connectivity index is 2.05. The Bertz CT molecular complexity index is 552. The van der Waals surface area contributed by atoms with Gasteiger partial charge in [-0.1, -0.05) is 23.7 Å². The summed E-state index contributed by atoms with van der Waals surface area (Å²) in [7, 11) is 0. The molecule has 1 heterocycles. The summed E-state index contributed by atoms with van der Waals surface area (Å²) in [4.78, 5) is 5.65. The number of thiazole rings is 1. The van der Waals surface area contributed by atoms with Crippen LogP contribution in [0, 0.1) is 0 Å². The van der Waals surface area contributed by atoms with Crippen molar-refractivity contribution in [3.8, 4) is 10.6 Å². The van der Waals surface area contributed by atoms with Crippen molar-refractivity contribution in [2.24, 2.45) is 0 Å². The van der Waals surface area contributed by atoms with Crippen LogP contribution >= 0.6 is 22.9 Å². The zero-order chi connectivity index (χ0) is 11.8. The number of rotatable bonds is 1. The summed E-state index contributed by atoms with van der Waals surface area (Å²) >= 11 is 7.56. The van der Waals surface area contributed by atoms with Crippen LogP contribution in [0.1, 0.15) is 29.5 Å². The SMILES string of the molecule is OC1CCCc2nc(-c3cccc(Cl)c3)sc21. The van der Waals surface area contributed by atoms with Crippen LogP contribution in [0.15, 0.2) is 24.3 Å². The van der Waals surface area contributed by atoms with Gasteiger partial charge in [0.15, 0.2) is 0 Å². The van der Waals surface area contributed by atoms with E-state index in [4.69, 9.17) is 11.6 Å². The van der Waals surface area contributed by atoms with Crippen molar-refractivity contribution in [1.29, 1.82) is 0 Å². The van der Waals surface area contributed by atoms with Crippen molar-refractivity contribution in [1.82, 2.24) is 4.98 Å². The highest BCUT2D eigenvalue weighted by Gasteiger charge is 2.23. The average molecular weight is 266 g/mol. The second kappa shape index (κ2) is 4.41. The van der Waals surface area contributed by atoms with Gasteiger partial charge in [0.2, 0.25) is 0 Å². The quantitative estimate of drug-likeness (QED) is 0.850. The highest BCUT2D eigenvalue weighted by atomic mass is 35.5. The molecule has 3 rings (SSSR count). The number of fused-ring (bicyclic) bond motifs is 1. The van der Waals surface area contributed by atoms with Crippen LogP contribution in [-0.4, -0.2) is 10.1 Å². The minimum absolute atomic E-state index is 0.329. The van der Waals surface area contributed by atoms with Crippen LogP contribution in [-0.2, 0) is 6.42 Å². The zero-order valence-corrected chi connectivity index (χ0v) is 10.8. The first-order valence-corrected chi connectivity index (χ1v) is 6.87. The van der Waals surface area contributed by atoms with E-state index in [2.05, 4.69) is 4.98 Å². The van der Waals surface area contributed by atoms with Gasteiger partial charge in [-0.3, -0.25) is 0 Å². The monoisotopic (exact) mass is 265 g/mol. The lowest BCUT2D eigenvalue weighted by Gasteiger charge is -2.14. The van der Waals surface area contributed by atoms with Gasteiger partial charge in [-0.2, -0.15) is 0 Å². The van der Waals surface area contributed by atoms with Crippen LogP contribution < -0.4 is 0 Å². The van der Waals surface area contributed by atoms with Gasteiger partial charge in [0, 0.05) is 10.6 Å². The fourth-order valence-corrected chi connectivity index (χ4v) is 3.46. The Morgan fingerprint density at radius 1 is 1.41 bits per heavy atom. The average Bonchev–Trinajstić information content (AvgIpc) is 2.74. The lowest BCUT2D eigenvalue weighted by Crippen LogP contribution is -2.06. The molecule has 1 aromatic carbocycles. The molecule has 1 atom stereocenters. The molecule has 2 nitrogen and oxygen atoms in total. The lowest BCUT2D eigenvalue weighted by molar-refractivity contribution is 0.160. The summed E-state index contributed by atoms with van der Waals surface area (Å²) in [5.41, 5.74) is 2.09. The summed E-state index contributed by atoms with van der Waals surface area (Å²) in [5.74, 6) is 0. The third-order valence-electron chi connectivity index (χ3n) is 2.99. The van der Waals surface area contributed by atoms with Crippen molar-refractivity contribution in [3.05, 3.63) is 39.9 Å². The number of halogens is 1. The van der Waals surface area contributed by atoms with Gasteiger partial charge < -0.3 is 5.11 Å². The van der Waals surface area contributed by atoms with Gasteiger partial charge in [-0.05, 0) is 31.4 Å². The topological polar surface area (TPSA) is 33.1 Å². The van der Waals surface area contributed by atoms with Gasteiger partial charge in [-0.25, -0.2) is 4.98 Å². The number of aliphatic hydroxyl groups excluding tert-OH is 1. The van der Waals surface area contributed by atoms with E-state index in [0.29, 0.717) is 0 Å². The van der Waals surface area contributed by atoms with E-state index in [9.17, 15) is 5.11 Å². The van der Waals surface area contributed by atoms with Gasteiger partial charge in [-0.15, -0.1) is 11.3 Å². The first-order valence-electron chi connectivity index (χ1n) is 5.67. The van der Waals surface area contributed by atoms with E-state index in [0.717, 1.165) is 45.4 Å². The second-order valence-electron chi connectivity index (χ2n) is 4.25. The van der Waals surface area contributed by atoms with Crippen LogP contribution in [0.4, 0.5) is 0 Å². The van der Waals surface area contributed by atoms with Gasteiger partial charge in [0.05, 0.1) is 16.7 Å².